The molecule has 10 heteroatoms. The van der Waals surface area contributed by atoms with Gasteiger partial charge in [-0.1, -0.05) is 23.8 Å². The average Bonchev–Trinajstić information content (AvgIpc) is 3.42. The number of hydrogen-bond donors (Lipinski definition) is 1. The Bertz CT molecular complexity index is 1340. The minimum atomic E-state index is -4.58. The van der Waals surface area contributed by atoms with Crippen molar-refractivity contribution in [2.45, 2.75) is 46.3 Å². The summed E-state index contributed by atoms with van der Waals surface area (Å²) in [6.07, 6.45) is -4.41. The fourth-order valence-electron chi connectivity index (χ4n) is 3.67. The van der Waals surface area contributed by atoms with Crippen molar-refractivity contribution < 1.29 is 22.4 Å². The summed E-state index contributed by atoms with van der Waals surface area (Å²) in [5.74, 6) is 0.203. The van der Waals surface area contributed by atoms with Crippen molar-refractivity contribution in [2.75, 3.05) is 0 Å². The first-order chi connectivity index (χ1) is 16.6. The molecule has 1 N–H and O–H groups in total. The highest BCUT2D eigenvalue weighted by atomic mass is 19.4. The Hall–Kier alpha value is -3.95. The lowest BCUT2D eigenvalue weighted by Crippen LogP contribution is -2.25. The van der Waals surface area contributed by atoms with Crippen LogP contribution in [0.15, 0.2) is 52.9 Å². The van der Waals surface area contributed by atoms with E-state index in [1.165, 1.54) is 10.7 Å². The second-order valence-corrected chi connectivity index (χ2v) is 8.32. The number of hydrogen-bond acceptors (Lipinski definition) is 5. The second kappa shape index (κ2) is 9.73. The molecule has 1 amide bonds. The van der Waals surface area contributed by atoms with Crippen LogP contribution in [0, 0.1) is 20.8 Å². The fraction of sp³-hybridized carbons (Fsp3) is 0.280. The van der Waals surface area contributed by atoms with Crippen LogP contribution in [-0.2, 0) is 23.9 Å². The summed E-state index contributed by atoms with van der Waals surface area (Å²) >= 11 is 0. The van der Waals surface area contributed by atoms with Gasteiger partial charge in [0.15, 0.2) is 0 Å². The number of carbonyl (C=O) groups is 1. The lowest BCUT2D eigenvalue weighted by atomic mass is 10.1. The number of aromatic nitrogens is 4. The molecule has 0 saturated carbocycles. The molecule has 2 aromatic carbocycles. The Labute approximate surface area is 200 Å². The van der Waals surface area contributed by atoms with E-state index in [1.807, 2.05) is 31.2 Å². The number of nitrogens with zero attached hydrogens (tertiary/aromatic N) is 4. The third kappa shape index (κ3) is 5.76. The van der Waals surface area contributed by atoms with Crippen LogP contribution >= 0.6 is 0 Å². The van der Waals surface area contributed by atoms with Crippen LogP contribution in [0.4, 0.5) is 13.2 Å². The lowest BCUT2D eigenvalue weighted by Gasteiger charge is -2.16. The van der Waals surface area contributed by atoms with Gasteiger partial charge in [-0.25, -0.2) is 4.68 Å². The molecule has 7 nitrogen and oxygen atoms in total. The largest absolute Gasteiger partial charge is 0.421 e. The molecular formula is C25H24F3N5O2. The molecule has 0 atom stereocenters. The zero-order valence-electron chi connectivity index (χ0n) is 19.5. The van der Waals surface area contributed by atoms with Gasteiger partial charge < -0.3 is 9.73 Å². The van der Waals surface area contributed by atoms with E-state index in [-0.39, 0.29) is 30.8 Å². The molecule has 2 aromatic heterocycles. The summed E-state index contributed by atoms with van der Waals surface area (Å²) in [7, 11) is 0. The molecular weight excluding hydrogens is 459 g/mol. The molecule has 0 saturated heterocycles. The summed E-state index contributed by atoms with van der Waals surface area (Å²) < 4.78 is 48.3. The van der Waals surface area contributed by atoms with Gasteiger partial charge in [0.1, 0.15) is 0 Å². The number of alkyl halides is 3. The number of aryl methyl sites for hydroxylation is 4. The molecule has 0 fully saturated rings. The Morgan fingerprint density at radius 3 is 2.43 bits per heavy atom. The molecule has 0 aliphatic carbocycles. The third-order valence-electron chi connectivity index (χ3n) is 5.46. The van der Waals surface area contributed by atoms with Gasteiger partial charge >= 0.3 is 6.18 Å². The van der Waals surface area contributed by atoms with Crippen molar-refractivity contribution in [3.05, 3.63) is 82.5 Å². The number of nitrogens with one attached hydrogen (secondary N) is 1. The SMILES string of the molecule is Cc1ccc(-c2nnc(CCC(=O)NCc3ccc(-n4nc(C)cc4C)cc3C(F)(F)F)o2)cc1. The van der Waals surface area contributed by atoms with Gasteiger partial charge in [-0.3, -0.25) is 4.79 Å². The number of halogens is 3. The normalized spacial score (nSPS) is 11.6. The average molecular weight is 483 g/mol. The van der Waals surface area contributed by atoms with E-state index in [0.29, 0.717) is 17.3 Å². The number of carbonyl (C=O) groups excluding carboxylic acids is 1. The predicted molar refractivity (Wildman–Crippen MR) is 123 cm³/mol. The van der Waals surface area contributed by atoms with Gasteiger partial charge in [0.05, 0.1) is 16.9 Å². The second-order valence-electron chi connectivity index (χ2n) is 8.32. The monoisotopic (exact) mass is 483 g/mol. The van der Waals surface area contributed by atoms with Gasteiger partial charge in [0.2, 0.25) is 17.7 Å². The zero-order chi connectivity index (χ0) is 25.2. The van der Waals surface area contributed by atoms with Crippen molar-refractivity contribution in [1.29, 1.82) is 0 Å². The van der Waals surface area contributed by atoms with E-state index >= 15 is 0 Å². The zero-order valence-corrected chi connectivity index (χ0v) is 19.5. The van der Waals surface area contributed by atoms with Crippen molar-refractivity contribution >= 4 is 5.91 Å². The van der Waals surface area contributed by atoms with Crippen LogP contribution in [0.2, 0.25) is 0 Å². The Balaban J connectivity index is 1.39. The molecule has 4 aromatic rings. The van der Waals surface area contributed by atoms with Crippen molar-refractivity contribution in [3.63, 3.8) is 0 Å². The molecule has 182 valence electrons. The molecule has 0 spiro atoms. The highest BCUT2D eigenvalue weighted by molar-refractivity contribution is 5.76. The summed E-state index contributed by atoms with van der Waals surface area (Å²) in [5, 5.41) is 14.7. The maximum absolute atomic E-state index is 13.7. The van der Waals surface area contributed by atoms with Crippen LogP contribution in [-0.4, -0.2) is 25.9 Å². The summed E-state index contributed by atoms with van der Waals surface area (Å²) in [6, 6.07) is 13.3. The van der Waals surface area contributed by atoms with Crippen LogP contribution in [0.3, 0.4) is 0 Å². The Morgan fingerprint density at radius 1 is 1.03 bits per heavy atom. The summed E-state index contributed by atoms with van der Waals surface area (Å²) in [4.78, 5) is 12.3. The standard InChI is InChI=1S/C25H24F3N5O2/c1-15-4-6-18(7-5-15)24-31-30-23(35-24)11-10-22(34)29-14-19-8-9-20(13-21(19)25(26,27)28)33-17(3)12-16(2)32-33/h4-9,12-13H,10-11,14H2,1-3H3,(H,29,34). The highest BCUT2D eigenvalue weighted by Gasteiger charge is 2.34. The van der Waals surface area contributed by atoms with Crippen molar-refractivity contribution in [3.8, 4) is 17.1 Å². The molecule has 35 heavy (non-hydrogen) atoms. The van der Waals surface area contributed by atoms with Gasteiger partial charge in [0.25, 0.3) is 0 Å². The smallest absolute Gasteiger partial charge is 0.416 e. The molecule has 0 bridgehead atoms. The Kier molecular flexibility index (Phi) is 6.72. The number of amides is 1. The maximum Gasteiger partial charge on any atom is 0.416 e. The molecule has 0 radical (unpaired) electrons. The fourth-order valence-corrected chi connectivity index (χ4v) is 3.67. The summed E-state index contributed by atoms with van der Waals surface area (Å²) in [5.41, 5.74) is 2.75. The quantitative estimate of drug-likeness (QED) is 0.395. The first-order valence-corrected chi connectivity index (χ1v) is 11.0. The van der Waals surface area contributed by atoms with E-state index in [2.05, 4.69) is 20.6 Å². The Morgan fingerprint density at radius 2 is 1.77 bits per heavy atom. The molecule has 0 unspecified atom stereocenters. The molecule has 0 aliphatic rings. The predicted octanol–water partition coefficient (Wildman–Crippen LogP) is 5.12. The van der Waals surface area contributed by atoms with Gasteiger partial charge in [-0.15, -0.1) is 10.2 Å². The first kappa shape index (κ1) is 24.2. The van der Waals surface area contributed by atoms with Crippen LogP contribution < -0.4 is 5.32 Å². The van der Waals surface area contributed by atoms with Crippen molar-refractivity contribution in [2.24, 2.45) is 0 Å². The van der Waals surface area contributed by atoms with E-state index in [4.69, 9.17) is 4.42 Å². The minimum absolute atomic E-state index is 0.000719. The minimum Gasteiger partial charge on any atom is -0.421 e. The van der Waals surface area contributed by atoms with Crippen LogP contribution in [0.5, 0.6) is 0 Å². The number of benzene rings is 2. The van der Waals surface area contributed by atoms with E-state index in [9.17, 15) is 18.0 Å². The van der Waals surface area contributed by atoms with E-state index in [1.54, 1.807) is 26.0 Å². The molecule has 0 aliphatic heterocycles. The van der Waals surface area contributed by atoms with E-state index < -0.39 is 17.6 Å². The molecule has 4 rings (SSSR count). The van der Waals surface area contributed by atoms with Crippen LogP contribution in [0.1, 0.15) is 40.4 Å². The van der Waals surface area contributed by atoms with Gasteiger partial charge in [-0.05, 0) is 56.7 Å². The first-order valence-electron chi connectivity index (χ1n) is 11.0. The van der Waals surface area contributed by atoms with Gasteiger partial charge in [-0.2, -0.15) is 18.3 Å². The third-order valence-corrected chi connectivity index (χ3v) is 5.46. The van der Waals surface area contributed by atoms with Crippen LogP contribution in [0.25, 0.3) is 17.1 Å². The highest BCUT2D eigenvalue weighted by Crippen LogP contribution is 2.33. The number of rotatable bonds is 7. The maximum atomic E-state index is 13.7. The summed E-state index contributed by atoms with van der Waals surface area (Å²) in [6.45, 7) is 5.25. The van der Waals surface area contributed by atoms with Gasteiger partial charge in [0, 0.05) is 30.6 Å². The van der Waals surface area contributed by atoms with Crippen molar-refractivity contribution in [1.82, 2.24) is 25.3 Å². The topological polar surface area (TPSA) is 85.8 Å². The lowest BCUT2D eigenvalue weighted by molar-refractivity contribution is -0.138. The van der Waals surface area contributed by atoms with E-state index in [0.717, 1.165) is 22.9 Å². The molecule has 2 heterocycles.